The van der Waals surface area contributed by atoms with Crippen molar-refractivity contribution in [1.82, 2.24) is 9.55 Å². The molecule has 0 saturated heterocycles. The fraction of sp³-hybridized carbons (Fsp3) is 0.692. The summed E-state index contributed by atoms with van der Waals surface area (Å²) >= 11 is 0. The minimum absolute atomic E-state index is 0.0908. The van der Waals surface area contributed by atoms with Crippen molar-refractivity contribution in [1.29, 1.82) is 0 Å². The Labute approximate surface area is 123 Å². The number of ether oxygens (including phenoxy) is 2. The Morgan fingerprint density at radius 1 is 1.38 bits per heavy atom. The van der Waals surface area contributed by atoms with Crippen molar-refractivity contribution in [3.8, 4) is 0 Å². The molecule has 1 aromatic heterocycles. The van der Waals surface area contributed by atoms with Crippen molar-refractivity contribution in [2.24, 2.45) is 0 Å². The van der Waals surface area contributed by atoms with E-state index in [0.717, 1.165) is 0 Å². The highest BCUT2D eigenvalue weighted by Gasteiger charge is 2.20. The van der Waals surface area contributed by atoms with Gasteiger partial charge in [-0.05, 0) is 20.8 Å². The average Bonchev–Trinajstić information content (AvgIpc) is 2.37. The van der Waals surface area contributed by atoms with Crippen LogP contribution in [0.4, 0.5) is 11.5 Å². The van der Waals surface area contributed by atoms with Crippen LogP contribution in [-0.2, 0) is 16.0 Å². The van der Waals surface area contributed by atoms with Crippen LogP contribution in [0.1, 0.15) is 20.8 Å². The zero-order valence-electron chi connectivity index (χ0n) is 13.0. The highest BCUT2D eigenvalue weighted by atomic mass is 16.5. The lowest BCUT2D eigenvalue weighted by Gasteiger charge is -2.25. The molecular formula is C13H24N4O4. The van der Waals surface area contributed by atoms with E-state index in [1.807, 2.05) is 20.8 Å². The molecular weight excluding hydrogens is 276 g/mol. The highest BCUT2D eigenvalue weighted by Crippen LogP contribution is 2.14. The number of anilines is 2. The Hall–Kier alpha value is -1.80. The molecule has 21 heavy (non-hydrogen) atoms. The Balaban J connectivity index is 3.02. The molecule has 0 fully saturated rings. The van der Waals surface area contributed by atoms with Gasteiger partial charge in [0.05, 0.1) is 18.8 Å². The number of aromatic amines is 1. The predicted octanol–water partition coefficient (Wildman–Crippen LogP) is -0.00780. The molecule has 0 radical (unpaired) electrons. The molecule has 120 valence electrons. The van der Waals surface area contributed by atoms with E-state index in [9.17, 15) is 9.59 Å². The normalized spacial score (nSPS) is 11.6. The summed E-state index contributed by atoms with van der Waals surface area (Å²) in [7, 11) is 1.52. The van der Waals surface area contributed by atoms with Gasteiger partial charge in [0, 0.05) is 20.3 Å². The number of nitrogens with two attached hydrogens (primary N) is 1. The molecule has 0 aromatic carbocycles. The van der Waals surface area contributed by atoms with Crippen LogP contribution in [0.3, 0.4) is 0 Å². The van der Waals surface area contributed by atoms with Gasteiger partial charge in [0.15, 0.2) is 0 Å². The van der Waals surface area contributed by atoms with Crippen molar-refractivity contribution in [3.05, 3.63) is 20.8 Å². The van der Waals surface area contributed by atoms with Gasteiger partial charge in [-0.25, -0.2) is 4.79 Å². The number of nitrogens with zero attached hydrogens (tertiary/aromatic N) is 1. The molecule has 1 rings (SSSR count). The first kappa shape index (κ1) is 17.3. The molecule has 0 aliphatic heterocycles. The first-order valence-electron chi connectivity index (χ1n) is 6.81. The van der Waals surface area contributed by atoms with Crippen molar-refractivity contribution in [2.45, 2.75) is 32.9 Å². The molecule has 1 aromatic rings. The van der Waals surface area contributed by atoms with Crippen LogP contribution in [0.25, 0.3) is 0 Å². The van der Waals surface area contributed by atoms with Crippen LogP contribution in [0.15, 0.2) is 9.59 Å². The van der Waals surface area contributed by atoms with Crippen molar-refractivity contribution < 1.29 is 9.47 Å². The number of H-pyrrole nitrogens is 1. The van der Waals surface area contributed by atoms with E-state index in [2.05, 4.69) is 10.3 Å². The molecule has 0 atom stereocenters. The minimum atomic E-state index is -0.552. The number of rotatable bonds is 8. The largest absolute Gasteiger partial charge is 0.383 e. The van der Waals surface area contributed by atoms with E-state index in [4.69, 9.17) is 15.2 Å². The van der Waals surface area contributed by atoms with E-state index in [1.54, 1.807) is 0 Å². The molecule has 0 aliphatic rings. The summed E-state index contributed by atoms with van der Waals surface area (Å²) in [6.07, 6.45) is 0. The third kappa shape index (κ3) is 4.61. The van der Waals surface area contributed by atoms with Gasteiger partial charge in [-0.2, -0.15) is 0 Å². The predicted molar refractivity (Wildman–Crippen MR) is 81.8 cm³/mol. The van der Waals surface area contributed by atoms with Gasteiger partial charge in [0.2, 0.25) is 0 Å². The molecule has 0 saturated carbocycles. The van der Waals surface area contributed by atoms with Crippen molar-refractivity contribution >= 4 is 11.5 Å². The SMILES string of the molecule is CCOC(C)(C)CNc1c(N)n(CCOC)c(=O)[nH]c1=O. The standard InChI is InChI=1S/C13H24N4O4/c1-5-21-13(2,3)8-15-9-10(14)17(6-7-20-4)12(19)16-11(9)18/h15H,5-8,14H2,1-4H3,(H,16,18,19). The highest BCUT2D eigenvalue weighted by molar-refractivity contribution is 5.60. The van der Waals surface area contributed by atoms with Gasteiger partial charge in [0.25, 0.3) is 5.56 Å². The maximum Gasteiger partial charge on any atom is 0.330 e. The third-order valence-corrected chi connectivity index (χ3v) is 2.98. The number of hydrogen-bond acceptors (Lipinski definition) is 6. The van der Waals surface area contributed by atoms with Gasteiger partial charge in [-0.3, -0.25) is 14.3 Å². The fourth-order valence-corrected chi connectivity index (χ4v) is 1.91. The zero-order valence-corrected chi connectivity index (χ0v) is 13.0. The lowest BCUT2D eigenvalue weighted by molar-refractivity contribution is 0.000685. The first-order chi connectivity index (χ1) is 9.82. The van der Waals surface area contributed by atoms with Gasteiger partial charge < -0.3 is 20.5 Å². The van der Waals surface area contributed by atoms with Gasteiger partial charge in [0.1, 0.15) is 11.5 Å². The van der Waals surface area contributed by atoms with Gasteiger partial charge in [-0.1, -0.05) is 0 Å². The van der Waals surface area contributed by atoms with E-state index < -0.39 is 16.9 Å². The number of hydrogen-bond donors (Lipinski definition) is 3. The van der Waals surface area contributed by atoms with Gasteiger partial charge in [-0.15, -0.1) is 0 Å². The van der Waals surface area contributed by atoms with Crippen molar-refractivity contribution in [2.75, 3.05) is 37.9 Å². The number of aromatic nitrogens is 2. The number of nitrogen functional groups attached to an aromatic ring is 1. The van der Waals surface area contributed by atoms with E-state index in [0.29, 0.717) is 19.8 Å². The molecule has 0 spiro atoms. The number of methoxy groups -OCH3 is 1. The summed E-state index contributed by atoms with van der Waals surface area (Å²) in [5.74, 6) is 0.0908. The monoisotopic (exact) mass is 300 g/mol. The van der Waals surface area contributed by atoms with Crippen LogP contribution in [-0.4, -0.2) is 42.0 Å². The summed E-state index contributed by atoms with van der Waals surface area (Å²) in [6.45, 7) is 7.23. The maximum absolute atomic E-state index is 11.9. The molecule has 8 heteroatoms. The third-order valence-electron chi connectivity index (χ3n) is 2.98. The van der Waals surface area contributed by atoms with Crippen LogP contribution in [0.2, 0.25) is 0 Å². The summed E-state index contributed by atoms with van der Waals surface area (Å²) in [6, 6.07) is 0. The second-order valence-corrected chi connectivity index (χ2v) is 5.21. The lowest BCUT2D eigenvalue weighted by Crippen LogP contribution is -2.38. The Morgan fingerprint density at radius 2 is 2.05 bits per heavy atom. The fourth-order valence-electron chi connectivity index (χ4n) is 1.91. The summed E-state index contributed by atoms with van der Waals surface area (Å²) in [4.78, 5) is 25.9. The summed E-state index contributed by atoms with van der Waals surface area (Å²) < 4.78 is 11.7. The average molecular weight is 300 g/mol. The molecule has 0 aliphatic carbocycles. The first-order valence-corrected chi connectivity index (χ1v) is 6.81. The smallest absolute Gasteiger partial charge is 0.330 e. The topological polar surface area (TPSA) is 111 Å². The summed E-state index contributed by atoms with van der Waals surface area (Å²) in [5, 5.41) is 2.96. The number of nitrogens with one attached hydrogen (secondary N) is 2. The Bertz CT molecular complexity index is 577. The molecule has 0 amide bonds. The molecule has 0 bridgehead atoms. The Kier molecular flexibility index (Phi) is 5.98. The zero-order chi connectivity index (χ0) is 16.0. The van der Waals surface area contributed by atoms with Crippen LogP contribution in [0, 0.1) is 0 Å². The molecule has 1 heterocycles. The van der Waals surface area contributed by atoms with Crippen LogP contribution in [0.5, 0.6) is 0 Å². The van der Waals surface area contributed by atoms with Crippen molar-refractivity contribution in [3.63, 3.8) is 0 Å². The van der Waals surface area contributed by atoms with Crippen LogP contribution >= 0.6 is 0 Å². The second-order valence-electron chi connectivity index (χ2n) is 5.21. The second kappa shape index (κ2) is 7.28. The Morgan fingerprint density at radius 3 is 2.62 bits per heavy atom. The quantitative estimate of drug-likeness (QED) is 0.623. The summed E-state index contributed by atoms with van der Waals surface area (Å²) in [5.41, 5.74) is 4.53. The van der Waals surface area contributed by atoms with E-state index >= 15 is 0 Å². The molecule has 0 unspecified atom stereocenters. The maximum atomic E-state index is 11.9. The lowest BCUT2D eigenvalue weighted by atomic mass is 10.1. The van der Waals surface area contributed by atoms with Gasteiger partial charge >= 0.3 is 5.69 Å². The van der Waals surface area contributed by atoms with Crippen LogP contribution < -0.4 is 22.3 Å². The molecule has 4 N–H and O–H groups in total. The minimum Gasteiger partial charge on any atom is -0.383 e. The van der Waals surface area contributed by atoms with E-state index in [-0.39, 0.29) is 18.1 Å². The van der Waals surface area contributed by atoms with E-state index in [1.165, 1.54) is 11.7 Å². The molecule has 8 nitrogen and oxygen atoms in total.